The van der Waals surface area contributed by atoms with Crippen LogP contribution in [0, 0.1) is 0 Å². The van der Waals surface area contributed by atoms with Gasteiger partial charge < -0.3 is 9.13 Å². The van der Waals surface area contributed by atoms with Crippen molar-refractivity contribution in [1.29, 1.82) is 0 Å². The minimum atomic E-state index is 0.775. The average Bonchev–Trinajstić information content (AvgIpc) is 1.83. The second-order valence-corrected chi connectivity index (χ2v) is 22.1. The Balaban J connectivity index is 0.979. The quantitative estimate of drug-likeness (QED) is 0.149. The summed E-state index contributed by atoms with van der Waals surface area (Å²) in [6.45, 7) is 0. The number of hydrogen-bond donors (Lipinski definition) is 0. The number of benzene rings is 10. The van der Waals surface area contributed by atoms with E-state index in [0.29, 0.717) is 0 Å². The summed E-state index contributed by atoms with van der Waals surface area (Å²) in [6, 6.07) is 91.7. The number of nitrogens with zero attached hydrogens (tertiary/aromatic N) is 5. The molecule has 0 atom stereocenters. The normalized spacial score (nSPS) is 13.0. The maximum atomic E-state index is 5.79. The van der Waals surface area contributed by atoms with Gasteiger partial charge in [-0.25, -0.2) is 4.98 Å². The third-order valence-electron chi connectivity index (χ3n) is 17.4. The first-order valence-electron chi connectivity index (χ1n) is 28.9. The molecule has 17 rings (SSSR count). The largest absolute Gasteiger partial charge is 0.311 e. The van der Waals surface area contributed by atoms with Crippen molar-refractivity contribution < 1.29 is 0 Å². The molecule has 83 heavy (non-hydrogen) atoms. The van der Waals surface area contributed by atoms with E-state index in [1.807, 2.05) is 0 Å². The number of fused-ring (bicyclic) bond motifs is 13. The molecule has 0 saturated carbocycles. The highest BCUT2D eigenvalue weighted by atomic mass is 15.1. The second kappa shape index (κ2) is 18.9. The summed E-state index contributed by atoms with van der Waals surface area (Å²) in [5.74, 6) is 1.74. The lowest BCUT2D eigenvalue weighted by Crippen LogP contribution is -2.07. The zero-order valence-corrected chi connectivity index (χ0v) is 45.5. The van der Waals surface area contributed by atoms with Gasteiger partial charge in [0.25, 0.3) is 0 Å². The molecule has 5 aromatic heterocycles. The molecular formula is C78H53N5. The van der Waals surface area contributed by atoms with E-state index in [9.17, 15) is 0 Å². The van der Waals surface area contributed by atoms with E-state index < -0.39 is 0 Å². The Hall–Kier alpha value is -10.8. The van der Waals surface area contributed by atoms with Crippen LogP contribution in [0.15, 0.2) is 273 Å². The summed E-state index contributed by atoms with van der Waals surface area (Å²) >= 11 is 0. The van der Waals surface area contributed by atoms with Gasteiger partial charge in [-0.05, 0) is 130 Å². The van der Waals surface area contributed by atoms with Crippen LogP contribution >= 0.6 is 0 Å². The summed E-state index contributed by atoms with van der Waals surface area (Å²) in [4.78, 5) is 5.79. The summed E-state index contributed by atoms with van der Waals surface area (Å²) in [5.41, 5.74) is 23.4. The summed E-state index contributed by atoms with van der Waals surface area (Å²) in [7, 11) is 0. The summed E-state index contributed by atoms with van der Waals surface area (Å²) in [5, 5.41) is 7.29. The molecule has 0 spiro atoms. The van der Waals surface area contributed by atoms with Gasteiger partial charge in [0.2, 0.25) is 0 Å². The van der Waals surface area contributed by atoms with Crippen LogP contribution in [0.1, 0.15) is 28.9 Å². The van der Waals surface area contributed by atoms with Gasteiger partial charge in [0.15, 0.2) is 0 Å². The Morgan fingerprint density at radius 2 is 0.723 bits per heavy atom. The van der Waals surface area contributed by atoms with E-state index in [0.717, 1.165) is 81.1 Å². The third kappa shape index (κ3) is 7.51. The molecule has 0 unspecified atom stereocenters. The lowest BCUT2D eigenvalue weighted by Gasteiger charge is -2.19. The van der Waals surface area contributed by atoms with Crippen molar-refractivity contribution in [2.45, 2.75) is 19.3 Å². The molecule has 5 heteroatoms. The fourth-order valence-electron chi connectivity index (χ4n) is 13.8. The highest BCUT2D eigenvalue weighted by Crippen LogP contribution is 2.46. The molecule has 5 nitrogen and oxygen atoms in total. The highest BCUT2D eigenvalue weighted by molar-refractivity contribution is 6.20. The van der Waals surface area contributed by atoms with Gasteiger partial charge in [-0.2, -0.15) is 0 Å². The van der Waals surface area contributed by atoms with Crippen LogP contribution in [0.3, 0.4) is 0 Å². The second-order valence-electron chi connectivity index (χ2n) is 22.1. The van der Waals surface area contributed by atoms with Gasteiger partial charge in [-0.15, -0.1) is 0 Å². The number of aromatic nitrogens is 5. The summed E-state index contributed by atoms with van der Waals surface area (Å²) in [6.07, 6.45) is 16.2. The van der Waals surface area contributed by atoms with Gasteiger partial charge in [-0.3, -0.25) is 9.13 Å². The molecule has 2 aliphatic carbocycles. The van der Waals surface area contributed by atoms with Gasteiger partial charge in [0, 0.05) is 72.6 Å². The average molecular weight is 1060 g/mol. The summed E-state index contributed by atoms with van der Waals surface area (Å²) < 4.78 is 9.98. The van der Waals surface area contributed by atoms with Crippen molar-refractivity contribution in [2.24, 2.45) is 0 Å². The molecule has 5 heterocycles. The zero-order chi connectivity index (χ0) is 54.5. The zero-order valence-electron chi connectivity index (χ0n) is 45.5. The maximum absolute atomic E-state index is 5.79. The molecule has 390 valence electrons. The van der Waals surface area contributed by atoms with Crippen molar-refractivity contribution in [3.63, 3.8) is 0 Å². The lowest BCUT2D eigenvalue weighted by molar-refractivity contribution is 0.889. The number of rotatable bonds is 8. The predicted octanol–water partition coefficient (Wildman–Crippen LogP) is 19.9. The van der Waals surface area contributed by atoms with E-state index in [1.54, 1.807) is 0 Å². The first kappa shape index (κ1) is 47.1. The number of para-hydroxylation sites is 4. The molecule has 0 saturated heterocycles. The van der Waals surface area contributed by atoms with Crippen molar-refractivity contribution in [2.75, 3.05) is 0 Å². The van der Waals surface area contributed by atoms with E-state index in [2.05, 4.69) is 303 Å². The van der Waals surface area contributed by atoms with Crippen LogP contribution in [0.4, 0.5) is 0 Å². The van der Waals surface area contributed by atoms with Crippen molar-refractivity contribution >= 4 is 77.6 Å². The van der Waals surface area contributed by atoms with Crippen LogP contribution in [-0.2, 0) is 12.8 Å². The maximum Gasteiger partial charge on any atom is 0.140 e. The van der Waals surface area contributed by atoms with Gasteiger partial charge in [0.1, 0.15) is 11.6 Å². The topological polar surface area (TPSA) is 32.6 Å². The molecule has 0 radical (unpaired) electrons. The minimum Gasteiger partial charge on any atom is -0.311 e. The van der Waals surface area contributed by atoms with E-state index in [-0.39, 0.29) is 0 Å². The fraction of sp³-hybridized carbons (Fsp3) is 0.0385. The molecule has 2 aliphatic rings. The Labute approximate surface area is 480 Å². The predicted molar refractivity (Wildman–Crippen MR) is 348 cm³/mol. The molecule has 0 aliphatic heterocycles. The molecule has 0 amide bonds. The van der Waals surface area contributed by atoms with Crippen molar-refractivity contribution in [3.8, 4) is 67.5 Å². The van der Waals surface area contributed by atoms with Crippen molar-refractivity contribution in [3.05, 3.63) is 296 Å². The smallest absolute Gasteiger partial charge is 0.140 e. The van der Waals surface area contributed by atoms with E-state index in [1.165, 1.54) is 93.6 Å². The van der Waals surface area contributed by atoms with Crippen molar-refractivity contribution in [1.82, 2.24) is 23.3 Å². The molecule has 0 fully saturated rings. The molecule has 0 N–H and O–H groups in total. The standard InChI is InChI=1S/C78H53N5/c1-5-23-51(24-6-1)54-43-55(52-25-7-2-8-26-52)46-59(45-54)80-69-36-18-16-33-65(69)67-41-42-68-66-34-17-19-37-70(66)81(78(68)77(67)80)60-47-56(53-27-9-3-10-28-53)44-57(48-60)58-49-75(82-71-35-12-4-11-29-61(71)62-30-13-20-38-72(62)82)79-76(50-58)83-73-39-21-14-31-63(73)64-32-15-22-40-74(64)83/h1-18,20-34,36,38-50H,19,35,37H2. The fourth-order valence-corrected chi connectivity index (χ4v) is 13.8. The van der Waals surface area contributed by atoms with Gasteiger partial charge in [-0.1, -0.05) is 212 Å². The molecule has 15 aromatic rings. The van der Waals surface area contributed by atoms with E-state index in [4.69, 9.17) is 4.98 Å². The number of hydrogen-bond acceptors (Lipinski definition) is 1. The Morgan fingerprint density at radius 3 is 1.31 bits per heavy atom. The number of pyridine rings is 1. The first-order valence-corrected chi connectivity index (χ1v) is 28.9. The highest BCUT2D eigenvalue weighted by Gasteiger charge is 2.27. The molecule has 0 bridgehead atoms. The Morgan fingerprint density at radius 1 is 0.289 bits per heavy atom. The SMILES string of the molecule is C1=CCc2c(c3ccccc3n2-c2cc(-c3cc(-c4ccccc4)cc(-n4c5c(c6ccc7c8ccccc8n(-c8cc(-c9ccccc9)cc(-c9ccccc9)c8)c7c64)C=CCC5)c3)cc(-n3c4ccccc4c4ccccc43)n2)C=C1. The molecular weight excluding hydrogens is 1010 g/mol. The van der Waals surface area contributed by atoms with Gasteiger partial charge in [0.05, 0.1) is 33.1 Å². The Kier molecular flexibility index (Phi) is 10.7. The molecule has 10 aromatic carbocycles. The minimum absolute atomic E-state index is 0.775. The third-order valence-corrected chi connectivity index (χ3v) is 17.4. The van der Waals surface area contributed by atoms with Crippen LogP contribution in [0.25, 0.3) is 145 Å². The van der Waals surface area contributed by atoms with Crippen LogP contribution in [0.2, 0.25) is 0 Å². The van der Waals surface area contributed by atoms with Crippen LogP contribution in [0.5, 0.6) is 0 Å². The lowest BCUT2D eigenvalue weighted by atomic mass is 9.97. The van der Waals surface area contributed by atoms with E-state index >= 15 is 0 Å². The van der Waals surface area contributed by atoms with Crippen LogP contribution in [-0.4, -0.2) is 23.3 Å². The van der Waals surface area contributed by atoms with Gasteiger partial charge >= 0.3 is 0 Å². The Bertz CT molecular complexity index is 5100. The monoisotopic (exact) mass is 1060 g/mol. The number of allylic oxidation sites excluding steroid dienone is 4. The van der Waals surface area contributed by atoms with Crippen LogP contribution < -0.4 is 0 Å². The first-order chi connectivity index (χ1) is 41.2.